The van der Waals surface area contributed by atoms with Crippen LogP contribution in [0.4, 0.5) is 23.4 Å². The van der Waals surface area contributed by atoms with Crippen LogP contribution in [0.5, 0.6) is 0 Å². The van der Waals surface area contributed by atoms with Crippen molar-refractivity contribution in [2.24, 2.45) is 5.92 Å². The summed E-state index contributed by atoms with van der Waals surface area (Å²) in [6, 6.07) is 10.4. The van der Waals surface area contributed by atoms with Gasteiger partial charge in [-0.2, -0.15) is 13.2 Å². The third-order valence-electron chi connectivity index (χ3n) is 6.19. The summed E-state index contributed by atoms with van der Waals surface area (Å²) in [5.41, 5.74) is 0.620. The molecule has 0 bridgehead atoms. The van der Waals surface area contributed by atoms with Gasteiger partial charge in [-0.15, -0.1) is 0 Å². The lowest BCUT2D eigenvalue weighted by molar-refractivity contribution is -0.137. The quantitative estimate of drug-likeness (QED) is 0.321. The highest BCUT2D eigenvalue weighted by atomic mass is 19.4. The molecule has 2 aromatic heterocycles. The number of imidazole rings is 1. The Hall–Kier alpha value is -4.02. The second kappa shape index (κ2) is 8.89. The van der Waals surface area contributed by atoms with E-state index in [-0.39, 0.29) is 29.9 Å². The largest absolute Gasteiger partial charge is 0.475 e. The molecule has 0 saturated heterocycles. The van der Waals surface area contributed by atoms with E-state index in [1.807, 2.05) is 6.92 Å². The minimum atomic E-state index is -4.47. The molecule has 1 aliphatic rings. The molecular formula is C25H21F4N5O2. The molecule has 0 aliphatic heterocycles. The molecule has 7 nitrogen and oxygen atoms in total. The summed E-state index contributed by atoms with van der Waals surface area (Å²) in [7, 11) is 0. The SMILES string of the molecule is CC(Nc1nc(C(=O)O)nc2nc(-c3cccc(F)c3)n(Cc3ccc(C(F)(F)F)cc3)c12)C1CC1. The van der Waals surface area contributed by atoms with Gasteiger partial charge < -0.3 is 15.0 Å². The predicted molar refractivity (Wildman–Crippen MR) is 124 cm³/mol. The first-order valence-corrected chi connectivity index (χ1v) is 11.3. The maximum absolute atomic E-state index is 14.1. The smallest absolute Gasteiger partial charge is 0.416 e. The van der Waals surface area contributed by atoms with Gasteiger partial charge in [-0.05, 0) is 55.5 Å². The van der Waals surface area contributed by atoms with Crippen LogP contribution in [0, 0.1) is 11.7 Å². The van der Waals surface area contributed by atoms with Gasteiger partial charge in [0.2, 0.25) is 5.82 Å². The average Bonchev–Trinajstić information content (AvgIpc) is 3.61. The molecule has 186 valence electrons. The fourth-order valence-corrected chi connectivity index (χ4v) is 4.15. The Morgan fingerprint density at radius 1 is 1.14 bits per heavy atom. The van der Waals surface area contributed by atoms with Crippen molar-refractivity contribution in [1.29, 1.82) is 0 Å². The number of aromatic nitrogens is 4. The maximum atomic E-state index is 14.1. The molecule has 1 atom stereocenters. The van der Waals surface area contributed by atoms with E-state index in [0.29, 0.717) is 22.6 Å². The number of halogens is 4. The number of nitrogens with one attached hydrogen (secondary N) is 1. The molecule has 0 amide bonds. The molecule has 0 radical (unpaired) electrons. The molecule has 1 aliphatic carbocycles. The third kappa shape index (κ3) is 4.73. The standard InChI is InChI=1S/C25H21F4N5O2/c1-13(15-7-8-15)30-20-19-21(32-22(31-20)24(35)36)33-23(16-3-2-4-18(26)11-16)34(19)12-14-5-9-17(10-6-14)25(27,28)29/h2-6,9-11,13,15H,7-8,12H2,1H3,(H,35,36)(H,30,31,32). The summed E-state index contributed by atoms with van der Waals surface area (Å²) in [5.74, 6) is -1.33. The summed E-state index contributed by atoms with van der Waals surface area (Å²) >= 11 is 0. The van der Waals surface area contributed by atoms with Crippen LogP contribution >= 0.6 is 0 Å². The second-order valence-electron chi connectivity index (χ2n) is 8.87. The molecule has 1 unspecified atom stereocenters. The predicted octanol–water partition coefficient (Wildman–Crippen LogP) is 5.61. The van der Waals surface area contributed by atoms with E-state index in [1.165, 1.54) is 30.3 Å². The molecule has 0 spiro atoms. The molecule has 11 heteroatoms. The number of carboxylic acids is 1. The van der Waals surface area contributed by atoms with Crippen LogP contribution in [-0.2, 0) is 12.7 Å². The summed E-state index contributed by atoms with van der Waals surface area (Å²) in [6.07, 6.45) is -2.40. The van der Waals surface area contributed by atoms with E-state index in [2.05, 4.69) is 20.3 Å². The summed E-state index contributed by atoms with van der Waals surface area (Å²) < 4.78 is 54.9. The first-order valence-electron chi connectivity index (χ1n) is 11.3. The van der Waals surface area contributed by atoms with E-state index in [0.717, 1.165) is 25.0 Å². The highest BCUT2D eigenvalue weighted by Gasteiger charge is 2.31. The lowest BCUT2D eigenvalue weighted by Gasteiger charge is -2.17. The number of hydrogen-bond acceptors (Lipinski definition) is 5. The number of fused-ring (bicyclic) bond motifs is 1. The van der Waals surface area contributed by atoms with Crippen molar-refractivity contribution >= 4 is 23.0 Å². The van der Waals surface area contributed by atoms with Crippen LogP contribution in [0.2, 0.25) is 0 Å². The van der Waals surface area contributed by atoms with Crippen molar-refractivity contribution in [1.82, 2.24) is 19.5 Å². The molecule has 5 rings (SSSR count). The van der Waals surface area contributed by atoms with E-state index >= 15 is 0 Å². The van der Waals surface area contributed by atoms with Crippen LogP contribution in [0.1, 0.15) is 41.5 Å². The Bertz CT molecular complexity index is 1450. The molecular weight excluding hydrogens is 478 g/mol. The van der Waals surface area contributed by atoms with Crippen LogP contribution < -0.4 is 5.32 Å². The van der Waals surface area contributed by atoms with E-state index in [9.17, 15) is 27.5 Å². The molecule has 1 fully saturated rings. The van der Waals surface area contributed by atoms with Gasteiger partial charge in [0.15, 0.2) is 11.5 Å². The third-order valence-corrected chi connectivity index (χ3v) is 6.19. The fraction of sp³-hybridized carbons (Fsp3) is 0.280. The monoisotopic (exact) mass is 499 g/mol. The number of carboxylic acid groups (broad SMARTS) is 1. The van der Waals surface area contributed by atoms with Gasteiger partial charge in [-0.1, -0.05) is 24.3 Å². The Kier molecular flexibility index (Phi) is 5.85. The summed E-state index contributed by atoms with van der Waals surface area (Å²) in [6.45, 7) is 2.04. The topological polar surface area (TPSA) is 92.9 Å². The summed E-state index contributed by atoms with van der Waals surface area (Å²) in [4.78, 5) is 24.5. The minimum Gasteiger partial charge on any atom is -0.475 e. The highest BCUT2D eigenvalue weighted by molar-refractivity contribution is 5.92. The minimum absolute atomic E-state index is 0.00298. The van der Waals surface area contributed by atoms with E-state index in [1.54, 1.807) is 10.6 Å². The molecule has 1 saturated carbocycles. The molecule has 2 N–H and O–H groups in total. The number of benzene rings is 2. The number of anilines is 1. The Morgan fingerprint density at radius 3 is 2.47 bits per heavy atom. The average molecular weight is 499 g/mol. The van der Waals surface area contributed by atoms with E-state index < -0.39 is 29.4 Å². The number of carbonyl (C=O) groups is 1. The van der Waals surface area contributed by atoms with Crippen molar-refractivity contribution in [2.45, 2.75) is 38.5 Å². The van der Waals surface area contributed by atoms with Crippen molar-refractivity contribution in [2.75, 3.05) is 5.32 Å². The van der Waals surface area contributed by atoms with Crippen molar-refractivity contribution < 1.29 is 27.5 Å². The zero-order valence-corrected chi connectivity index (χ0v) is 19.1. The van der Waals surface area contributed by atoms with E-state index in [4.69, 9.17) is 0 Å². The number of aromatic carboxylic acids is 1. The lowest BCUT2D eigenvalue weighted by atomic mass is 10.1. The van der Waals surface area contributed by atoms with Gasteiger partial charge in [-0.3, -0.25) is 0 Å². The van der Waals surface area contributed by atoms with Crippen molar-refractivity contribution in [3.63, 3.8) is 0 Å². The number of rotatable bonds is 7. The normalized spacial score (nSPS) is 14.7. The van der Waals surface area contributed by atoms with Crippen molar-refractivity contribution in [3.05, 3.63) is 71.3 Å². The van der Waals surface area contributed by atoms with Gasteiger partial charge >= 0.3 is 12.1 Å². The van der Waals surface area contributed by atoms with Crippen LogP contribution in [-0.4, -0.2) is 36.6 Å². The van der Waals surface area contributed by atoms with Gasteiger partial charge in [0, 0.05) is 18.2 Å². The Labute approximate surface area is 202 Å². The first kappa shape index (κ1) is 23.7. The Balaban J connectivity index is 1.69. The fourth-order valence-electron chi connectivity index (χ4n) is 4.15. The van der Waals surface area contributed by atoms with Crippen molar-refractivity contribution in [3.8, 4) is 11.4 Å². The first-order chi connectivity index (χ1) is 17.1. The van der Waals surface area contributed by atoms with Crippen LogP contribution in [0.15, 0.2) is 48.5 Å². The lowest BCUT2D eigenvalue weighted by Crippen LogP contribution is -2.20. The highest BCUT2D eigenvalue weighted by Crippen LogP contribution is 2.36. The molecule has 4 aromatic rings. The zero-order chi connectivity index (χ0) is 25.6. The molecule has 2 heterocycles. The number of hydrogen-bond donors (Lipinski definition) is 2. The second-order valence-corrected chi connectivity index (χ2v) is 8.87. The van der Waals surface area contributed by atoms with Gasteiger partial charge in [0.1, 0.15) is 17.2 Å². The zero-order valence-electron chi connectivity index (χ0n) is 19.1. The Morgan fingerprint density at radius 2 is 1.86 bits per heavy atom. The van der Waals surface area contributed by atoms with Crippen LogP contribution in [0.3, 0.4) is 0 Å². The van der Waals surface area contributed by atoms with Gasteiger partial charge in [-0.25, -0.2) is 24.1 Å². The number of nitrogens with zero attached hydrogens (tertiary/aromatic N) is 4. The van der Waals surface area contributed by atoms with Gasteiger partial charge in [0.05, 0.1) is 5.56 Å². The van der Waals surface area contributed by atoms with Gasteiger partial charge in [0.25, 0.3) is 0 Å². The number of alkyl halides is 3. The van der Waals surface area contributed by atoms with Crippen LogP contribution in [0.25, 0.3) is 22.6 Å². The molecule has 36 heavy (non-hydrogen) atoms. The maximum Gasteiger partial charge on any atom is 0.416 e. The summed E-state index contributed by atoms with van der Waals surface area (Å²) in [5, 5.41) is 12.8. The molecule has 2 aromatic carbocycles.